The Hall–Kier alpha value is -2.17. The van der Waals surface area contributed by atoms with Gasteiger partial charge < -0.3 is 5.11 Å². The van der Waals surface area contributed by atoms with Crippen molar-refractivity contribution in [2.24, 2.45) is 5.41 Å². The van der Waals surface area contributed by atoms with Crippen molar-refractivity contribution in [2.45, 2.75) is 40.5 Å². The minimum absolute atomic E-state index is 0.108. The monoisotopic (exact) mass is 304 g/mol. The van der Waals surface area contributed by atoms with Gasteiger partial charge in [-0.3, -0.25) is 0 Å². The zero-order valence-corrected chi connectivity index (χ0v) is 13.4. The highest BCUT2D eigenvalue weighted by atomic mass is 19.1. The van der Waals surface area contributed by atoms with Crippen molar-refractivity contribution in [3.63, 3.8) is 0 Å². The number of para-hydroxylation sites is 1. The highest BCUT2D eigenvalue weighted by molar-refractivity contribution is 5.90. The summed E-state index contributed by atoms with van der Waals surface area (Å²) >= 11 is 0. The lowest BCUT2D eigenvalue weighted by molar-refractivity contribution is 0.0694. The predicted octanol–water partition coefficient (Wildman–Crippen LogP) is 3.86. The van der Waals surface area contributed by atoms with Crippen LogP contribution in [0.2, 0.25) is 0 Å². The third-order valence-corrected chi connectivity index (χ3v) is 3.38. The zero-order valence-electron chi connectivity index (χ0n) is 13.4. The smallest absolute Gasteiger partial charge is 0.339 e. The maximum Gasteiger partial charge on any atom is 0.339 e. The van der Waals surface area contributed by atoms with Crippen LogP contribution in [0.3, 0.4) is 0 Å². The maximum atomic E-state index is 14.1. The van der Waals surface area contributed by atoms with Crippen LogP contribution in [0.5, 0.6) is 0 Å². The number of carbonyl (C=O) groups is 1. The van der Waals surface area contributed by atoms with Gasteiger partial charge in [-0.2, -0.15) is 5.10 Å². The first-order chi connectivity index (χ1) is 10.2. The van der Waals surface area contributed by atoms with Crippen molar-refractivity contribution in [3.05, 3.63) is 47.0 Å². The molecule has 0 bridgehead atoms. The van der Waals surface area contributed by atoms with Gasteiger partial charge in [-0.05, 0) is 30.4 Å². The molecule has 1 aromatic heterocycles. The number of aromatic carboxylic acids is 1. The van der Waals surface area contributed by atoms with Crippen LogP contribution in [0.4, 0.5) is 4.39 Å². The number of nitrogens with zero attached hydrogens (tertiary/aromatic N) is 2. The average Bonchev–Trinajstić information content (AvgIpc) is 2.75. The quantitative estimate of drug-likeness (QED) is 0.933. The Labute approximate surface area is 129 Å². The molecule has 5 heteroatoms. The molecule has 22 heavy (non-hydrogen) atoms. The lowest BCUT2D eigenvalue weighted by atomic mass is 9.89. The van der Waals surface area contributed by atoms with Crippen LogP contribution in [0.1, 0.15) is 49.4 Å². The van der Waals surface area contributed by atoms with Gasteiger partial charge in [-0.15, -0.1) is 0 Å². The number of benzene rings is 1. The molecule has 2 rings (SSSR count). The van der Waals surface area contributed by atoms with E-state index in [4.69, 9.17) is 0 Å². The van der Waals surface area contributed by atoms with E-state index in [0.717, 1.165) is 0 Å². The molecule has 0 atom stereocenters. The van der Waals surface area contributed by atoms with E-state index in [-0.39, 0.29) is 16.7 Å². The number of hydrogen-bond donors (Lipinski definition) is 1. The zero-order chi connectivity index (χ0) is 16.5. The van der Waals surface area contributed by atoms with E-state index < -0.39 is 11.8 Å². The molecule has 0 saturated heterocycles. The molecule has 4 nitrogen and oxygen atoms in total. The first kappa shape index (κ1) is 16.2. The molecule has 0 fully saturated rings. The molecule has 0 aliphatic rings. The summed E-state index contributed by atoms with van der Waals surface area (Å²) in [6.07, 6.45) is 0.982. The standard InChI is InChI=1S/C17H21FN2O2/c1-5-13-15(16(21)22)12(10-17(2,3)4)19-20(13)14-9-7-6-8-11(14)18/h6-9H,5,10H2,1-4H3,(H,21,22). The Morgan fingerprint density at radius 3 is 2.45 bits per heavy atom. The number of rotatable bonds is 4. The van der Waals surface area contributed by atoms with Gasteiger partial charge >= 0.3 is 5.97 Å². The van der Waals surface area contributed by atoms with Crippen molar-refractivity contribution >= 4 is 5.97 Å². The fourth-order valence-electron chi connectivity index (χ4n) is 2.53. The lowest BCUT2D eigenvalue weighted by Crippen LogP contribution is -2.13. The Bertz CT molecular complexity index is 699. The summed E-state index contributed by atoms with van der Waals surface area (Å²) in [4.78, 5) is 11.7. The Morgan fingerprint density at radius 1 is 1.32 bits per heavy atom. The molecule has 0 unspecified atom stereocenters. The summed E-state index contributed by atoms with van der Waals surface area (Å²) < 4.78 is 15.5. The van der Waals surface area contributed by atoms with Crippen molar-refractivity contribution in [2.75, 3.05) is 0 Å². The first-order valence-electron chi connectivity index (χ1n) is 7.33. The van der Waals surface area contributed by atoms with Crippen molar-refractivity contribution in [1.29, 1.82) is 0 Å². The minimum atomic E-state index is -1.02. The summed E-state index contributed by atoms with van der Waals surface area (Å²) in [6.45, 7) is 7.91. The van der Waals surface area contributed by atoms with E-state index in [1.54, 1.807) is 18.2 Å². The van der Waals surface area contributed by atoms with Gasteiger partial charge in [-0.1, -0.05) is 39.8 Å². The summed E-state index contributed by atoms with van der Waals surface area (Å²) in [5.74, 6) is -1.43. The molecule has 0 saturated carbocycles. The van der Waals surface area contributed by atoms with Crippen molar-refractivity contribution < 1.29 is 14.3 Å². The van der Waals surface area contributed by atoms with E-state index in [2.05, 4.69) is 5.10 Å². The summed E-state index contributed by atoms with van der Waals surface area (Å²) in [6, 6.07) is 6.26. The van der Waals surface area contributed by atoms with Crippen LogP contribution in [0, 0.1) is 11.2 Å². The number of aromatic nitrogens is 2. The maximum absolute atomic E-state index is 14.1. The van der Waals surface area contributed by atoms with E-state index in [9.17, 15) is 14.3 Å². The van der Waals surface area contributed by atoms with E-state index in [1.807, 2.05) is 27.7 Å². The second kappa shape index (κ2) is 5.91. The van der Waals surface area contributed by atoms with E-state index >= 15 is 0 Å². The number of carboxylic acid groups (broad SMARTS) is 1. The third kappa shape index (κ3) is 3.18. The Kier molecular flexibility index (Phi) is 4.35. The lowest BCUT2D eigenvalue weighted by Gasteiger charge is -2.16. The molecule has 0 aliphatic heterocycles. The second-order valence-corrected chi connectivity index (χ2v) is 6.53. The summed E-state index contributed by atoms with van der Waals surface area (Å²) in [5, 5.41) is 14.0. The average molecular weight is 304 g/mol. The van der Waals surface area contributed by atoms with Crippen molar-refractivity contribution in [1.82, 2.24) is 9.78 Å². The second-order valence-electron chi connectivity index (χ2n) is 6.53. The van der Waals surface area contributed by atoms with Crippen LogP contribution >= 0.6 is 0 Å². The normalized spacial score (nSPS) is 11.7. The summed E-state index contributed by atoms with van der Waals surface area (Å²) in [5.41, 5.74) is 1.39. The largest absolute Gasteiger partial charge is 0.478 e. The van der Waals surface area contributed by atoms with Gasteiger partial charge in [0.1, 0.15) is 17.1 Å². The van der Waals surface area contributed by atoms with Gasteiger partial charge in [-0.25, -0.2) is 13.9 Å². The number of carboxylic acids is 1. The molecule has 118 valence electrons. The third-order valence-electron chi connectivity index (χ3n) is 3.38. The van der Waals surface area contributed by atoms with Gasteiger partial charge in [0.25, 0.3) is 0 Å². The molecule has 0 amide bonds. The van der Waals surface area contributed by atoms with E-state index in [1.165, 1.54) is 10.7 Å². The molecule has 1 N–H and O–H groups in total. The number of hydrogen-bond acceptors (Lipinski definition) is 2. The van der Waals surface area contributed by atoms with Gasteiger partial charge in [0.15, 0.2) is 0 Å². The molecular formula is C17H21FN2O2. The molecule has 2 aromatic rings. The highest BCUT2D eigenvalue weighted by Gasteiger charge is 2.26. The summed E-state index contributed by atoms with van der Waals surface area (Å²) in [7, 11) is 0. The van der Waals surface area contributed by atoms with Gasteiger partial charge in [0.05, 0.1) is 11.4 Å². The van der Waals surface area contributed by atoms with Gasteiger partial charge in [0, 0.05) is 0 Å². The molecule has 1 heterocycles. The minimum Gasteiger partial charge on any atom is -0.478 e. The van der Waals surface area contributed by atoms with Crippen molar-refractivity contribution in [3.8, 4) is 5.69 Å². The Balaban J connectivity index is 2.68. The molecule has 0 aliphatic carbocycles. The van der Waals surface area contributed by atoms with Crippen LogP contribution in [-0.2, 0) is 12.8 Å². The predicted molar refractivity (Wildman–Crippen MR) is 83.0 cm³/mol. The van der Waals surface area contributed by atoms with Crippen LogP contribution in [0.25, 0.3) is 5.69 Å². The van der Waals surface area contributed by atoms with Crippen LogP contribution < -0.4 is 0 Å². The van der Waals surface area contributed by atoms with Crippen LogP contribution in [-0.4, -0.2) is 20.9 Å². The van der Waals surface area contributed by atoms with Gasteiger partial charge in [0.2, 0.25) is 0 Å². The highest BCUT2D eigenvalue weighted by Crippen LogP contribution is 2.27. The van der Waals surface area contributed by atoms with E-state index in [0.29, 0.717) is 24.2 Å². The molecule has 0 radical (unpaired) electrons. The molecular weight excluding hydrogens is 283 g/mol. The molecule has 1 aromatic carbocycles. The fraction of sp³-hybridized carbons (Fsp3) is 0.412. The van der Waals surface area contributed by atoms with Crippen LogP contribution in [0.15, 0.2) is 24.3 Å². The Morgan fingerprint density at radius 2 is 1.95 bits per heavy atom. The molecule has 0 spiro atoms. The fourth-order valence-corrected chi connectivity index (χ4v) is 2.53. The SMILES string of the molecule is CCc1c(C(=O)O)c(CC(C)(C)C)nn1-c1ccccc1F. The topological polar surface area (TPSA) is 55.1 Å². The first-order valence-corrected chi connectivity index (χ1v) is 7.33. The number of halogens is 1.